The van der Waals surface area contributed by atoms with Gasteiger partial charge in [0.05, 0.1) is 37.4 Å². The van der Waals surface area contributed by atoms with Gasteiger partial charge in [-0.15, -0.1) is 0 Å². The fraction of sp³-hybridized carbons (Fsp3) is 0.400. The number of rotatable bonds is 5. The normalized spacial score (nSPS) is 31.5. The van der Waals surface area contributed by atoms with Gasteiger partial charge in [0.25, 0.3) is 0 Å². The highest BCUT2D eigenvalue weighted by Gasteiger charge is 2.78. The molecule has 2 saturated carbocycles. The molecule has 13 heteroatoms. The third-order valence-corrected chi connectivity index (χ3v) is 9.17. The molecule has 3 aliphatic carbocycles. The number of ketones is 4. The molecule has 5 rings (SSSR count). The molecule has 0 radical (unpaired) electrons. The number of methoxy groups -OCH3 is 2. The van der Waals surface area contributed by atoms with Crippen molar-refractivity contribution >= 4 is 29.0 Å². The number of ether oxygens (including phenoxy) is 2. The lowest BCUT2D eigenvalue weighted by Gasteiger charge is -2.60. The number of nitriles is 1. The van der Waals surface area contributed by atoms with Crippen LogP contribution in [-0.4, -0.2) is 84.5 Å². The van der Waals surface area contributed by atoms with Gasteiger partial charge in [-0.3, -0.25) is 28.9 Å². The summed E-state index contributed by atoms with van der Waals surface area (Å²) in [5, 5.41) is 21.4. The number of amides is 1. The standard InChI is InChI=1S/C30H31N5O8/c1-35(2)24-23(38)20(27(32)41)25(39)29(12-31)26(40)21-22(37)19-16(10-28(21,33)11-30(24,29)34)14(7-8-17(19)36)15-6-5-13(42-3)9-18(15)43-4/h5-9,20-21,24,36H,10-11,33-34H2,1-4H3,(H2,32,41)/t20?,21?,24-,28-,29+,30-/m1/s1. The van der Waals surface area contributed by atoms with E-state index < -0.39 is 75.6 Å². The quantitative estimate of drug-likeness (QED) is 0.323. The second-order valence-corrected chi connectivity index (χ2v) is 11.7. The number of likely N-dealkylation sites (N-methyl/N-ethyl adjacent to an activating group) is 1. The molecule has 0 bridgehead atoms. The van der Waals surface area contributed by atoms with E-state index in [1.54, 1.807) is 30.3 Å². The lowest BCUT2D eigenvalue weighted by molar-refractivity contribution is -0.166. The monoisotopic (exact) mass is 589 g/mol. The van der Waals surface area contributed by atoms with Crippen molar-refractivity contribution in [3.8, 4) is 34.4 Å². The molecule has 3 aliphatic rings. The van der Waals surface area contributed by atoms with E-state index in [9.17, 15) is 34.3 Å². The Hall–Kier alpha value is -4.64. The minimum atomic E-state index is -2.80. The third-order valence-electron chi connectivity index (χ3n) is 9.17. The van der Waals surface area contributed by atoms with Crippen LogP contribution in [0.25, 0.3) is 11.1 Å². The minimum Gasteiger partial charge on any atom is -0.507 e. The van der Waals surface area contributed by atoms with Crippen molar-refractivity contribution < 1.29 is 38.6 Å². The number of primary amides is 1. The molecule has 1 amide bonds. The van der Waals surface area contributed by atoms with Gasteiger partial charge in [-0.2, -0.15) is 5.26 Å². The van der Waals surface area contributed by atoms with Crippen LogP contribution in [0.2, 0.25) is 0 Å². The molecule has 2 aromatic carbocycles. The molecular formula is C30H31N5O8. The second kappa shape index (κ2) is 9.70. The number of phenols is 1. The molecule has 6 atom stereocenters. The van der Waals surface area contributed by atoms with E-state index in [0.29, 0.717) is 22.6 Å². The Labute approximate surface area is 246 Å². The summed E-state index contributed by atoms with van der Waals surface area (Å²) in [6.45, 7) is 0. The first-order valence-corrected chi connectivity index (χ1v) is 13.3. The van der Waals surface area contributed by atoms with E-state index in [-0.39, 0.29) is 17.5 Å². The molecule has 7 N–H and O–H groups in total. The molecule has 2 aromatic rings. The Morgan fingerprint density at radius 2 is 1.70 bits per heavy atom. The summed E-state index contributed by atoms with van der Waals surface area (Å²) in [4.78, 5) is 69.7. The van der Waals surface area contributed by atoms with E-state index in [1.807, 2.05) is 0 Å². The smallest absolute Gasteiger partial charge is 0.235 e. The van der Waals surface area contributed by atoms with Gasteiger partial charge in [0.15, 0.2) is 34.5 Å². The Morgan fingerprint density at radius 3 is 2.26 bits per heavy atom. The van der Waals surface area contributed by atoms with Gasteiger partial charge in [-0.25, -0.2) is 0 Å². The predicted octanol–water partition coefficient (Wildman–Crippen LogP) is -0.507. The van der Waals surface area contributed by atoms with Crippen LogP contribution in [-0.2, 0) is 25.6 Å². The van der Waals surface area contributed by atoms with Crippen molar-refractivity contribution in [2.24, 2.45) is 34.5 Å². The molecule has 0 aromatic heterocycles. The Morgan fingerprint density at radius 1 is 1.05 bits per heavy atom. The van der Waals surface area contributed by atoms with Crippen molar-refractivity contribution in [2.75, 3.05) is 28.3 Å². The Bertz CT molecular complexity index is 1680. The van der Waals surface area contributed by atoms with Crippen molar-refractivity contribution in [1.82, 2.24) is 4.90 Å². The molecule has 2 unspecified atom stereocenters. The van der Waals surface area contributed by atoms with E-state index >= 15 is 0 Å². The molecule has 0 heterocycles. The largest absolute Gasteiger partial charge is 0.507 e. The van der Waals surface area contributed by atoms with Crippen LogP contribution in [0.3, 0.4) is 0 Å². The Balaban J connectivity index is 1.78. The first-order valence-electron chi connectivity index (χ1n) is 13.3. The van der Waals surface area contributed by atoms with Crippen LogP contribution < -0.4 is 26.7 Å². The average molecular weight is 590 g/mol. The topological polar surface area (TPSA) is 229 Å². The number of hydrogen-bond acceptors (Lipinski definition) is 12. The fourth-order valence-corrected chi connectivity index (χ4v) is 7.48. The summed E-state index contributed by atoms with van der Waals surface area (Å²) < 4.78 is 10.8. The number of carbonyl (C=O) groups excluding carboxylic acids is 5. The number of aromatic hydroxyl groups is 1. The zero-order chi connectivity index (χ0) is 31.8. The number of carbonyl (C=O) groups is 5. The number of fused-ring (bicyclic) bond motifs is 3. The summed E-state index contributed by atoms with van der Waals surface area (Å²) in [6, 6.07) is 8.09. The van der Waals surface area contributed by atoms with Crippen LogP contribution in [0.5, 0.6) is 17.2 Å². The van der Waals surface area contributed by atoms with Gasteiger partial charge in [0.2, 0.25) is 5.91 Å². The minimum absolute atomic E-state index is 0.203. The maximum Gasteiger partial charge on any atom is 0.235 e. The van der Waals surface area contributed by atoms with Gasteiger partial charge in [0.1, 0.15) is 23.2 Å². The summed E-state index contributed by atoms with van der Waals surface area (Å²) in [7, 11) is 5.83. The maximum absolute atomic E-state index is 14.4. The van der Waals surface area contributed by atoms with Crippen LogP contribution in [0.4, 0.5) is 0 Å². The molecule has 224 valence electrons. The predicted molar refractivity (Wildman–Crippen MR) is 150 cm³/mol. The zero-order valence-corrected chi connectivity index (χ0v) is 24.0. The zero-order valence-electron chi connectivity index (χ0n) is 24.0. The molecule has 0 aliphatic heterocycles. The summed E-state index contributed by atoms with van der Waals surface area (Å²) in [5.74, 6) is -9.31. The number of benzene rings is 2. The third kappa shape index (κ3) is 3.70. The Kier molecular flexibility index (Phi) is 6.73. The second-order valence-electron chi connectivity index (χ2n) is 11.7. The van der Waals surface area contributed by atoms with E-state index in [2.05, 4.69) is 0 Å². The molecule has 0 spiro atoms. The number of Topliss-reactive ketones (excluding diaryl/α,β-unsaturated/α-hetero) is 4. The highest BCUT2D eigenvalue weighted by molar-refractivity contribution is 6.33. The number of nitrogens with two attached hydrogens (primary N) is 3. The highest BCUT2D eigenvalue weighted by atomic mass is 16.5. The van der Waals surface area contributed by atoms with Gasteiger partial charge in [-0.1, -0.05) is 6.07 Å². The molecule has 43 heavy (non-hydrogen) atoms. The van der Waals surface area contributed by atoms with Gasteiger partial charge in [-0.05, 0) is 56.3 Å². The molecular weight excluding hydrogens is 558 g/mol. The summed E-state index contributed by atoms with van der Waals surface area (Å²) in [6.07, 6.45) is -0.707. The number of hydrogen-bond donors (Lipinski definition) is 4. The average Bonchev–Trinajstić information content (AvgIpc) is 2.91. The van der Waals surface area contributed by atoms with Crippen LogP contribution in [0.1, 0.15) is 22.3 Å². The molecule has 2 fully saturated rings. The molecule has 13 nitrogen and oxygen atoms in total. The summed E-state index contributed by atoms with van der Waals surface area (Å²) in [5.41, 5.74) is 13.4. The first kappa shape index (κ1) is 29.8. The van der Waals surface area contributed by atoms with Crippen LogP contribution in [0, 0.1) is 28.6 Å². The first-order chi connectivity index (χ1) is 20.1. The number of nitrogens with zero attached hydrogens (tertiary/aromatic N) is 2. The van der Waals surface area contributed by atoms with Crippen molar-refractivity contribution in [3.05, 3.63) is 41.5 Å². The highest BCUT2D eigenvalue weighted by Crippen LogP contribution is 2.57. The van der Waals surface area contributed by atoms with E-state index in [1.165, 1.54) is 39.3 Å². The van der Waals surface area contributed by atoms with Gasteiger partial charge < -0.3 is 31.8 Å². The van der Waals surface area contributed by atoms with Crippen molar-refractivity contribution in [3.63, 3.8) is 0 Å². The SMILES string of the molecule is COc1ccc(-c2ccc(O)c3c2C[C@@]2(N)C[C@@]4(N)[C@H](N(C)C)C(=O)C(C(N)=O)C(=O)[C@@]4(C#N)C(=O)C2C3=O)c(OC)c1. The van der Waals surface area contributed by atoms with Crippen LogP contribution in [0.15, 0.2) is 30.3 Å². The molecule has 0 saturated heterocycles. The summed E-state index contributed by atoms with van der Waals surface area (Å²) >= 11 is 0. The van der Waals surface area contributed by atoms with E-state index in [0.717, 1.165) is 0 Å². The van der Waals surface area contributed by atoms with Crippen molar-refractivity contribution in [2.45, 2.75) is 30.0 Å². The number of phenolic OH excluding ortho intramolecular Hbond substituents is 1. The van der Waals surface area contributed by atoms with Gasteiger partial charge >= 0.3 is 0 Å². The lowest BCUT2D eigenvalue weighted by Crippen LogP contribution is -2.85. The lowest BCUT2D eigenvalue weighted by atomic mass is 9.42. The fourth-order valence-electron chi connectivity index (χ4n) is 7.48. The van der Waals surface area contributed by atoms with Gasteiger partial charge in [0, 0.05) is 17.2 Å². The van der Waals surface area contributed by atoms with Crippen molar-refractivity contribution in [1.29, 1.82) is 5.26 Å². The maximum atomic E-state index is 14.4. The van der Waals surface area contributed by atoms with Crippen LogP contribution >= 0.6 is 0 Å². The van der Waals surface area contributed by atoms with E-state index in [4.69, 9.17) is 26.7 Å².